The molecule has 2 aromatic rings. The van der Waals surface area contributed by atoms with Crippen LogP contribution in [0.1, 0.15) is 40.3 Å². The maximum atomic E-state index is 12.1. The summed E-state index contributed by atoms with van der Waals surface area (Å²) in [5, 5.41) is 7.05. The smallest absolute Gasteiger partial charge is 0.270 e. The molecule has 0 aliphatic carbocycles. The predicted molar refractivity (Wildman–Crippen MR) is 83.8 cm³/mol. The van der Waals surface area contributed by atoms with Gasteiger partial charge in [-0.15, -0.1) is 0 Å². The monoisotopic (exact) mass is 315 g/mol. The molecule has 2 aromatic heterocycles. The summed E-state index contributed by atoms with van der Waals surface area (Å²) >= 11 is 0. The van der Waals surface area contributed by atoms with Gasteiger partial charge in [-0.3, -0.25) is 9.69 Å². The van der Waals surface area contributed by atoms with Crippen LogP contribution in [0, 0.1) is 13.8 Å². The van der Waals surface area contributed by atoms with E-state index in [1.165, 1.54) is 11.9 Å². The minimum absolute atomic E-state index is 0.128. The van der Waals surface area contributed by atoms with Crippen LogP contribution in [-0.2, 0) is 6.54 Å². The minimum atomic E-state index is -0.128. The third-order valence-electron chi connectivity index (χ3n) is 4.30. The first-order valence-electron chi connectivity index (χ1n) is 7.84. The van der Waals surface area contributed by atoms with E-state index in [1.807, 2.05) is 13.8 Å². The van der Waals surface area contributed by atoms with E-state index in [1.54, 1.807) is 12.3 Å². The van der Waals surface area contributed by atoms with Crippen molar-refractivity contribution in [3.05, 3.63) is 41.3 Å². The van der Waals surface area contributed by atoms with Crippen molar-refractivity contribution < 1.29 is 9.32 Å². The molecule has 122 valence electrons. The molecule has 0 unspecified atom stereocenters. The third-order valence-corrected chi connectivity index (χ3v) is 4.30. The summed E-state index contributed by atoms with van der Waals surface area (Å²) in [6.07, 6.45) is 4.83. The molecule has 1 aliphatic heterocycles. The maximum absolute atomic E-state index is 12.1. The van der Waals surface area contributed by atoms with Crippen LogP contribution in [0.2, 0.25) is 0 Å². The first-order valence-corrected chi connectivity index (χ1v) is 7.84. The van der Waals surface area contributed by atoms with Crippen molar-refractivity contribution in [2.24, 2.45) is 0 Å². The Bertz CT molecular complexity index is 643. The lowest BCUT2D eigenvalue weighted by molar-refractivity contribution is 0.0903. The van der Waals surface area contributed by atoms with Crippen LogP contribution in [0.4, 0.5) is 0 Å². The minimum Gasteiger partial charge on any atom is -0.361 e. The number of nitrogens with one attached hydrogen (secondary N) is 1. The number of hydrogen-bond acceptors (Lipinski definition) is 6. The summed E-state index contributed by atoms with van der Waals surface area (Å²) in [5.41, 5.74) is 2.55. The fourth-order valence-corrected chi connectivity index (χ4v) is 2.87. The molecule has 1 saturated heterocycles. The van der Waals surface area contributed by atoms with Crippen LogP contribution in [0.15, 0.2) is 23.1 Å². The number of rotatable bonds is 4. The van der Waals surface area contributed by atoms with E-state index in [9.17, 15) is 4.79 Å². The SMILES string of the molecule is Cc1noc(C)c1CN1CCC(NC(=O)c2ccncn2)CC1. The third kappa shape index (κ3) is 3.73. The Labute approximate surface area is 135 Å². The number of amides is 1. The van der Waals surface area contributed by atoms with E-state index in [0.717, 1.165) is 43.9 Å². The van der Waals surface area contributed by atoms with Gasteiger partial charge in [0.2, 0.25) is 0 Å². The molecule has 1 N–H and O–H groups in total. The number of hydrogen-bond donors (Lipinski definition) is 1. The molecule has 1 amide bonds. The maximum Gasteiger partial charge on any atom is 0.270 e. The summed E-state index contributed by atoms with van der Waals surface area (Å²) in [5.74, 6) is 0.762. The molecule has 1 aliphatic rings. The molecular formula is C16H21N5O2. The van der Waals surface area contributed by atoms with Gasteiger partial charge < -0.3 is 9.84 Å². The Balaban J connectivity index is 1.50. The van der Waals surface area contributed by atoms with Crippen molar-refractivity contribution in [2.75, 3.05) is 13.1 Å². The van der Waals surface area contributed by atoms with Gasteiger partial charge in [0.15, 0.2) is 0 Å². The predicted octanol–water partition coefficient (Wildman–Crippen LogP) is 1.48. The second-order valence-electron chi connectivity index (χ2n) is 5.92. The molecular weight excluding hydrogens is 294 g/mol. The molecule has 3 heterocycles. The molecule has 7 nitrogen and oxygen atoms in total. The van der Waals surface area contributed by atoms with E-state index >= 15 is 0 Å². The van der Waals surface area contributed by atoms with Gasteiger partial charge >= 0.3 is 0 Å². The fraction of sp³-hybridized carbons (Fsp3) is 0.500. The van der Waals surface area contributed by atoms with Gasteiger partial charge in [-0.05, 0) is 32.8 Å². The van der Waals surface area contributed by atoms with Crippen molar-refractivity contribution in [2.45, 2.75) is 39.3 Å². The summed E-state index contributed by atoms with van der Waals surface area (Å²) in [7, 11) is 0. The van der Waals surface area contributed by atoms with Gasteiger partial charge in [0, 0.05) is 37.4 Å². The molecule has 0 atom stereocenters. The number of nitrogens with zero attached hydrogens (tertiary/aromatic N) is 4. The van der Waals surface area contributed by atoms with Crippen LogP contribution in [0.3, 0.4) is 0 Å². The van der Waals surface area contributed by atoms with Crippen molar-refractivity contribution in [3.63, 3.8) is 0 Å². The van der Waals surface area contributed by atoms with Gasteiger partial charge in [-0.1, -0.05) is 5.16 Å². The van der Waals surface area contributed by atoms with Crippen molar-refractivity contribution in [1.82, 2.24) is 25.3 Å². The number of aromatic nitrogens is 3. The lowest BCUT2D eigenvalue weighted by Crippen LogP contribution is -2.44. The van der Waals surface area contributed by atoms with E-state index in [-0.39, 0.29) is 11.9 Å². The molecule has 0 bridgehead atoms. The van der Waals surface area contributed by atoms with Crippen LogP contribution in [0.5, 0.6) is 0 Å². The summed E-state index contributed by atoms with van der Waals surface area (Å²) in [6, 6.07) is 1.82. The number of carbonyl (C=O) groups is 1. The Morgan fingerprint density at radius 1 is 1.39 bits per heavy atom. The van der Waals surface area contributed by atoms with Gasteiger partial charge in [0.25, 0.3) is 5.91 Å². The zero-order chi connectivity index (χ0) is 16.2. The van der Waals surface area contributed by atoms with E-state index in [0.29, 0.717) is 5.69 Å². The number of piperidine rings is 1. The highest BCUT2D eigenvalue weighted by molar-refractivity contribution is 5.92. The summed E-state index contributed by atoms with van der Waals surface area (Å²) in [6.45, 7) is 6.66. The normalized spacial score (nSPS) is 16.4. The first-order chi connectivity index (χ1) is 11.1. The fourth-order valence-electron chi connectivity index (χ4n) is 2.87. The molecule has 23 heavy (non-hydrogen) atoms. The molecule has 0 aromatic carbocycles. The van der Waals surface area contributed by atoms with Crippen molar-refractivity contribution >= 4 is 5.91 Å². The van der Waals surface area contributed by atoms with E-state index < -0.39 is 0 Å². The average Bonchev–Trinajstić information content (AvgIpc) is 2.89. The Morgan fingerprint density at radius 3 is 2.78 bits per heavy atom. The van der Waals surface area contributed by atoms with Crippen molar-refractivity contribution in [3.8, 4) is 0 Å². The Hall–Kier alpha value is -2.28. The quantitative estimate of drug-likeness (QED) is 0.920. The molecule has 0 radical (unpaired) electrons. The van der Waals surface area contributed by atoms with Crippen LogP contribution in [0.25, 0.3) is 0 Å². The highest BCUT2D eigenvalue weighted by atomic mass is 16.5. The summed E-state index contributed by atoms with van der Waals surface area (Å²) in [4.78, 5) is 22.3. The molecule has 0 saturated carbocycles. The number of aryl methyl sites for hydroxylation is 2. The van der Waals surface area contributed by atoms with Crippen LogP contribution < -0.4 is 5.32 Å². The highest BCUT2D eigenvalue weighted by Crippen LogP contribution is 2.18. The zero-order valence-electron chi connectivity index (χ0n) is 13.5. The second-order valence-corrected chi connectivity index (χ2v) is 5.92. The second kappa shape index (κ2) is 6.87. The molecule has 7 heteroatoms. The lowest BCUT2D eigenvalue weighted by Gasteiger charge is -2.32. The van der Waals surface area contributed by atoms with Gasteiger partial charge in [0.1, 0.15) is 17.8 Å². The zero-order valence-corrected chi connectivity index (χ0v) is 13.5. The number of carbonyl (C=O) groups excluding carboxylic acids is 1. The Morgan fingerprint density at radius 2 is 2.17 bits per heavy atom. The van der Waals surface area contributed by atoms with Gasteiger partial charge in [-0.2, -0.15) is 0 Å². The van der Waals surface area contributed by atoms with Gasteiger partial charge in [0.05, 0.1) is 5.69 Å². The average molecular weight is 315 g/mol. The largest absolute Gasteiger partial charge is 0.361 e. The highest BCUT2D eigenvalue weighted by Gasteiger charge is 2.23. The number of likely N-dealkylation sites (tertiary alicyclic amines) is 1. The van der Waals surface area contributed by atoms with E-state index in [2.05, 4.69) is 25.3 Å². The lowest BCUT2D eigenvalue weighted by atomic mass is 10.0. The topological polar surface area (TPSA) is 84.2 Å². The Kier molecular flexibility index (Phi) is 4.66. The molecule has 3 rings (SSSR count). The first kappa shape index (κ1) is 15.6. The van der Waals surface area contributed by atoms with Crippen LogP contribution >= 0.6 is 0 Å². The molecule has 1 fully saturated rings. The van der Waals surface area contributed by atoms with Crippen LogP contribution in [-0.4, -0.2) is 45.1 Å². The summed E-state index contributed by atoms with van der Waals surface area (Å²) < 4.78 is 5.21. The van der Waals surface area contributed by atoms with Crippen molar-refractivity contribution in [1.29, 1.82) is 0 Å². The van der Waals surface area contributed by atoms with E-state index in [4.69, 9.17) is 4.52 Å². The standard InChI is InChI=1S/C16H21N5O2/c1-11-14(12(2)23-20-11)9-21-7-4-13(5-8-21)19-16(22)15-3-6-17-10-18-15/h3,6,10,13H,4-5,7-9H2,1-2H3,(H,19,22). The molecule has 0 spiro atoms. The van der Waals surface area contributed by atoms with Gasteiger partial charge in [-0.25, -0.2) is 9.97 Å².